The summed E-state index contributed by atoms with van der Waals surface area (Å²) in [5.74, 6) is -0.445. The molecule has 0 radical (unpaired) electrons. The van der Waals surface area contributed by atoms with E-state index in [2.05, 4.69) is 5.32 Å². The third-order valence-corrected chi connectivity index (χ3v) is 3.42. The van der Waals surface area contributed by atoms with Gasteiger partial charge in [0.05, 0.1) is 13.1 Å². The third-order valence-electron chi connectivity index (χ3n) is 3.42. The molecular formula is C14H20N3O2+. The van der Waals surface area contributed by atoms with Crippen LogP contribution in [-0.4, -0.2) is 31.4 Å². The Morgan fingerprint density at radius 1 is 1.11 bits per heavy atom. The van der Waals surface area contributed by atoms with Crippen LogP contribution in [0.4, 0.5) is 5.69 Å². The molecule has 0 bridgehead atoms. The number of primary amides is 1. The summed E-state index contributed by atoms with van der Waals surface area (Å²) in [6.45, 7) is 2.67. The number of amides is 2. The van der Waals surface area contributed by atoms with Gasteiger partial charge in [-0.05, 0) is 43.5 Å². The summed E-state index contributed by atoms with van der Waals surface area (Å²) in [4.78, 5) is 24.1. The minimum absolute atomic E-state index is 0.0173. The molecular weight excluding hydrogens is 242 g/mol. The minimum atomic E-state index is -0.462. The van der Waals surface area contributed by atoms with Crippen LogP contribution in [0.1, 0.15) is 29.6 Å². The number of nitrogens with one attached hydrogen (secondary N) is 2. The van der Waals surface area contributed by atoms with Gasteiger partial charge in [-0.25, -0.2) is 0 Å². The van der Waals surface area contributed by atoms with Crippen LogP contribution in [0.3, 0.4) is 0 Å². The molecule has 4 N–H and O–H groups in total. The number of quaternary nitrogens is 1. The van der Waals surface area contributed by atoms with E-state index in [1.54, 1.807) is 24.3 Å². The summed E-state index contributed by atoms with van der Waals surface area (Å²) in [5.41, 5.74) is 6.30. The van der Waals surface area contributed by atoms with E-state index in [4.69, 9.17) is 5.73 Å². The zero-order valence-corrected chi connectivity index (χ0v) is 10.9. The third kappa shape index (κ3) is 4.06. The number of piperidine rings is 1. The second-order valence-electron chi connectivity index (χ2n) is 4.98. The lowest BCUT2D eigenvalue weighted by atomic mass is 10.1. The lowest BCUT2D eigenvalue weighted by Crippen LogP contribution is -3.13. The van der Waals surface area contributed by atoms with Gasteiger partial charge in [0, 0.05) is 11.3 Å². The van der Waals surface area contributed by atoms with Crippen molar-refractivity contribution >= 4 is 17.5 Å². The van der Waals surface area contributed by atoms with Gasteiger partial charge in [-0.15, -0.1) is 0 Å². The molecule has 102 valence electrons. The lowest BCUT2D eigenvalue weighted by molar-refractivity contribution is -0.896. The molecule has 19 heavy (non-hydrogen) atoms. The molecule has 1 aromatic rings. The second-order valence-corrected chi connectivity index (χ2v) is 4.98. The highest BCUT2D eigenvalue weighted by Crippen LogP contribution is 2.08. The maximum Gasteiger partial charge on any atom is 0.279 e. The number of hydrogen-bond acceptors (Lipinski definition) is 2. The molecule has 0 aliphatic carbocycles. The van der Waals surface area contributed by atoms with Crippen LogP contribution in [-0.2, 0) is 4.79 Å². The van der Waals surface area contributed by atoms with Crippen molar-refractivity contribution in [3.63, 3.8) is 0 Å². The van der Waals surface area contributed by atoms with E-state index in [0.29, 0.717) is 17.8 Å². The van der Waals surface area contributed by atoms with E-state index in [1.807, 2.05) is 0 Å². The number of nitrogens with two attached hydrogens (primary N) is 1. The van der Waals surface area contributed by atoms with Crippen LogP contribution in [0.5, 0.6) is 0 Å². The summed E-state index contributed by atoms with van der Waals surface area (Å²) in [6, 6.07) is 6.63. The van der Waals surface area contributed by atoms with E-state index in [1.165, 1.54) is 24.2 Å². The van der Waals surface area contributed by atoms with Crippen molar-refractivity contribution in [2.24, 2.45) is 5.73 Å². The molecule has 2 amide bonds. The van der Waals surface area contributed by atoms with Gasteiger partial charge in [0.2, 0.25) is 5.91 Å². The average Bonchev–Trinajstić information content (AvgIpc) is 2.40. The highest BCUT2D eigenvalue weighted by atomic mass is 16.2. The number of rotatable bonds is 4. The van der Waals surface area contributed by atoms with Crippen molar-refractivity contribution in [3.05, 3.63) is 29.8 Å². The number of anilines is 1. The van der Waals surface area contributed by atoms with Gasteiger partial charge in [0.25, 0.3) is 5.91 Å². The molecule has 1 aliphatic heterocycles. The van der Waals surface area contributed by atoms with Crippen molar-refractivity contribution in [1.82, 2.24) is 0 Å². The van der Waals surface area contributed by atoms with Crippen molar-refractivity contribution in [2.75, 3.05) is 25.0 Å². The summed E-state index contributed by atoms with van der Waals surface area (Å²) < 4.78 is 0. The number of carbonyl (C=O) groups excluding carboxylic acids is 2. The summed E-state index contributed by atoms with van der Waals surface area (Å²) in [5, 5.41) is 2.84. The summed E-state index contributed by atoms with van der Waals surface area (Å²) in [6.07, 6.45) is 3.69. The Bertz CT molecular complexity index is 450. The first kappa shape index (κ1) is 13.5. The number of carbonyl (C=O) groups is 2. The van der Waals surface area contributed by atoms with Crippen LogP contribution >= 0.6 is 0 Å². The van der Waals surface area contributed by atoms with E-state index in [9.17, 15) is 9.59 Å². The molecule has 1 aromatic carbocycles. The van der Waals surface area contributed by atoms with Crippen LogP contribution in [0.15, 0.2) is 24.3 Å². The molecule has 2 rings (SSSR count). The van der Waals surface area contributed by atoms with Crippen molar-refractivity contribution in [1.29, 1.82) is 0 Å². The average molecular weight is 262 g/mol. The fourth-order valence-electron chi connectivity index (χ4n) is 2.38. The lowest BCUT2D eigenvalue weighted by Gasteiger charge is -2.22. The van der Waals surface area contributed by atoms with Gasteiger partial charge in [-0.3, -0.25) is 9.59 Å². The molecule has 0 unspecified atom stereocenters. The summed E-state index contributed by atoms with van der Waals surface area (Å²) >= 11 is 0. The molecule has 0 saturated carbocycles. The predicted molar refractivity (Wildman–Crippen MR) is 73.0 cm³/mol. The highest BCUT2D eigenvalue weighted by molar-refractivity contribution is 5.95. The topological polar surface area (TPSA) is 76.6 Å². The van der Waals surface area contributed by atoms with Gasteiger partial charge in [-0.1, -0.05) is 0 Å². The first-order chi connectivity index (χ1) is 9.15. The normalized spacial score (nSPS) is 16.0. The monoisotopic (exact) mass is 262 g/mol. The van der Waals surface area contributed by atoms with E-state index < -0.39 is 5.91 Å². The molecule has 5 heteroatoms. The van der Waals surface area contributed by atoms with Crippen LogP contribution in [0.25, 0.3) is 0 Å². The van der Waals surface area contributed by atoms with Crippen LogP contribution in [0.2, 0.25) is 0 Å². The SMILES string of the molecule is NC(=O)c1ccc(NC(=O)C[NH+]2CCCCC2)cc1. The first-order valence-electron chi connectivity index (χ1n) is 6.68. The standard InChI is InChI=1S/C14H19N3O2/c15-14(19)11-4-6-12(7-5-11)16-13(18)10-17-8-2-1-3-9-17/h4-7H,1-3,8-10H2,(H2,15,19)(H,16,18)/p+1. The Balaban J connectivity index is 1.85. The van der Waals surface area contributed by atoms with Gasteiger partial charge in [0.15, 0.2) is 6.54 Å². The molecule has 5 nitrogen and oxygen atoms in total. The zero-order chi connectivity index (χ0) is 13.7. The quantitative estimate of drug-likeness (QED) is 0.702. The van der Waals surface area contributed by atoms with E-state index in [0.717, 1.165) is 13.1 Å². The van der Waals surface area contributed by atoms with Gasteiger partial charge in [0.1, 0.15) is 0 Å². The van der Waals surface area contributed by atoms with Gasteiger partial charge >= 0.3 is 0 Å². The second kappa shape index (κ2) is 6.33. The summed E-state index contributed by atoms with van der Waals surface area (Å²) in [7, 11) is 0. The minimum Gasteiger partial charge on any atom is -0.366 e. The Kier molecular flexibility index (Phi) is 4.52. The maximum atomic E-state index is 11.9. The predicted octanol–water partition coefficient (Wildman–Crippen LogP) is -0.207. The molecule has 0 spiro atoms. The van der Waals surface area contributed by atoms with E-state index >= 15 is 0 Å². The Morgan fingerprint density at radius 2 is 1.74 bits per heavy atom. The number of benzene rings is 1. The van der Waals surface area contributed by atoms with Crippen LogP contribution in [0, 0.1) is 0 Å². The van der Waals surface area contributed by atoms with Crippen molar-refractivity contribution in [3.8, 4) is 0 Å². The fraction of sp³-hybridized carbons (Fsp3) is 0.429. The Hall–Kier alpha value is -1.88. The highest BCUT2D eigenvalue weighted by Gasteiger charge is 2.17. The molecule has 0 aromatic heterocycles. The van der Waals surface area contributed by atoms with Crippen LogP contribution < -0.4 is 16.0 Å². The smallest absolute Gasteiger partial charge is 0.279 e. The Labute approximate surface area is 112 Å². The first-order valence-corrected chi connectivity index (χ1v) is 6.68. The van der Waals surface area contributed by atoms with Gasteiger partial charge < -0.3 is 16.0 Å². The number of likely N-dealkylation sites (tertiary alicyclic amines) is 1. The molecule has 1 saturated heterocycles. The van der Waals surface area contributed by atoms with E-state index in [-0.39, 0.29) is 5.91 Å². The zero-order valence-electron chi connectivity index (χ0n) is 10.9. The Morgan fingerprint density at radius 3 is 2.32 bits per heavy atom. The largest absolute Gasteiger partial charge is 0.366 e. The molecule has 1 heterocycles. The maximum absolute atomic E-state index is 11.9. The molecule has 1 aliphatic rings. The van der Waals surface area contributed by atoms with Gasteiger partial charge in [-0.2, -0.15) is 0 Å². The fourth-order valence-corrected chi connectivity index (χ4v) is 2.38. The van der Waals surface area contributed by atoms with Crippen molar-refractivity contribution in [2.45, 2.75) is 19.3 Å². The molecule has 0 atom stereocenters. The molecule has 1 fully saturated rings. The van der Waals surface area contributed by atoms with Crippen molar-refractivity contribution < 1.29 is 14.5 Å². The number of hydrogen-bond donors (Lipinski definition) is 3.